The quantitative estimate of drug-likeness (QED) is 0.350. The zero-order valence-corrected chi connectivity index (χ0v) is 18.4. The molecule has 166 valence electrons. The molecule has 4 rings (SSSR count). The van der Waals surface area contributed by atoms with Crippen LogP contribution in [0, 0.1) is 0 Å². The summed E-state index contributed by atoms with van der Waals surface area (Å²) < 4.78 is 12.5. The van der Waals surface area contributed by atoms with E-state index < -0.39 is 5.97 Å². The van der Waals surface area contributed by atoms with Gasteiger partial charge in [-0.15, -0.1) is 0 Å². The van der Waals surface area contributed by atoms with E-state index in [0.717, 1.165) is 11.1 Å². The highest BCUT2D eigenvalue weighted by atomic mass is 32.1. The zero-order chi connectivity index (χ0) is 22.7. The van der Waals surface area contributed by atoms with E-state index in [4.69, 9.17) is 15.2 Å². The van der Waals surface area contributed by atoms with Gasteiger partial charge in [-0.3, -0.25) is 4.57 Å². The summed E-state index contributed by atoms with van der Waals surface area (Å²) in [6.07, 6.45) is 2.26. The highest BCUT2D eigenvalue weighted by Crippen LogP contribution is 2.32. The van der Waals surface area contributed by atoms with Crippen LogP contribution >= 0.6 is 11.3 Å². The Hall–Kier alpha value is -3.63. The lowest BCUT2D eigenvalue weighted by Gasteiger charge is -2.14. The molecule has 3 heterocycles. The number of nitrogens with one attached hydrogen (secondary N) is 1. The summed E-state index contributed by atoms with van der Waals surface area (Å²) in [7, 11) is 3.13. The van der Waals surface area contributed by atoms with E-state index in [0.29, 0.717) is 35.8 Å². The van der Waals surface area contributed by atoms with Crippen LogP contribution in [0.15, 0.2) is 47.4 Å². The van der Waals surface area contributed by atoms with Crippen molar-refractivity contribution < 1.29 is 19.4 Å². The number of ether oxygens (including phenoxy) is 2. The molecule has 9 nitrogen and oxygen atoms in total. The first-order chi connectivity index (χ1) is 15.5. The van der Waals surface area contributed by atoms with E-state index in [-0.39, 0.29) is 17.4 Å². The van der Waals surface area contributed by atoms with Crippen molar-refractivity contribution >= 4 is 34.2 Å². The number of aromatic carboxylic acids is 1. The Bertz CT molecular complexity index is 1240. The molecule has 0 amide bonds. The number of nitrogens with two attached hydrogens (primary N) is 1. The summed E-state index contributed by atoms with van der Waals surface area (Å²) in [5, 5.41) is 16.7. The second-order valence-electron chi connectivity index (χ2n) is 7.06. The molecule has 0 fully saturated rings. The minimum atomic E-state index is -1.06. The van der Waals surface area contributed by atoms with E-state index >= 15 is 0 Å². The maximum atomic E-state index is 11.7. The molecule has 0 aliphatic rings. The largest absolute Gasteiger partial charge is 0.493 e. The Morgan fingerprint density at radius 2 is 2.03 bits per heavy atom. The van der Waals surface area contributed by atoms with Crippen LogP contribution in [0.25, 0.3) is 16.9 Å². The number of rotatable bonds is 9. The average molecular weight is 454 g/mol. The lowest BCUT2D eigenvalue weighted by molar-refractivity contribution is 0.0697. The van der Waals surface area contributed by atoms with Gasteiger partial charge in [0, 0.05) is 24.7 Å². The molecule has 0 aliphatic carbocycles. The minimum Gasteiger partial charge on any atom is -0.493 e. The van der Waals surface area contributed by atoms with Gasteiger partial charge in [0.2, 0.25) is 0 Å². The first-order valence-corrected chi connectivity index (χ1v) is 10.8. The molecule has 10 heteroatoms. The van der Waals surface area contributed by atoms with Gasteiger partial charge in [0.25, 0.3) is 0 Å². The van der Waals surface area contributed by atoms with Gasteiger partial charge in [-0.1, -0.05) is 0 Å². The van der Waals surface area contributed by atoms with Crippen molar-refractivity contribution in [3.8, 4) is 17.3 Å². The van der Waals surface area contributed by atoms with Gasteiger partial charge in [-0.2, -0.15) is 11.3 Å². The Morgan fingerprint density at radius 1 is 1.25 bits per heavy atom. The van der Waals surface area contributed by atoms with Gasteiger partial charge in [0.05, 0.1) is 25.3 Å². The van der Waals surface area contributed by atoms with E-state index in [1.54, 1.807) is 54.6 Å². The van der Waals surface area contributed by atoms with Crippen LogP contribution in [0.2, 0.25) is 0 Å². The molecular weight excluding hydrogens is 430 g/mol. The van der Waals surface area contributed by atoms with Gasteiger partial charge >= 0.3 is 5.97 Å². The number of carboxylic acids is 1. The number of aromatic nitrogens is 3. The monoisotopic (exact) mass is 453 g/mol. The van der Waals surface area contributed by atoms with E-state index in [1.807, 2.05) is 16.8 Å². The highest BCUT2D eigenvalue weighted by Gasteiger charge is 2.16. The Kier molecular flexibility index (Phi) is 6.24. The summed E-state index contributed by atoms with van der Waals surface area (Å²) in [6, 6.07) is 8.61. The molecule has 1 atom stereocenters. The average Bonchev–Trinajstić information content (AvgIpc) is 3.47. The van der Waals surface area contributed by atoms with Crippen LogP contribution < -0.4 is 20.5 Å². The fourth-order valence-corrected chi connectivity index (χ4v) is 4.13. The SMILES string of the molecule is COc1cc2ncn(-c3ccc(C(=O)O)c(NCC[C@H](N)c4ccsc4)n3)c2cc1OC. The molecule has 32 heavy (non-hydrogen) atoms. The summed E-state index contributed by atoms with van der Waals surface area (Å²) >= 11 is 1.59. The molecule has 0 saturated carbocycles. The van der Waals surface area contributed by atoms with E-state index in [9.17, 15) is 9.90 Å². The number of imidazole rings is 1. The zero-order valence-electron chi connectivity index (χ0n) is 17.6. The Labute approximate surface area is 188 Å². The molecule has 0 bridgehead atoms. The summed E-state index contributed by atoms with van der Waals surface area (Å²) in [5.41, 5.74) is 8.81. The predicted molar refractivity (Wildman–Crippen MR) is 123 cm³/mol. The van der Waals surface area contributed by atoms with Crippen molar-refractivity contribution in [3.63, 3.8) is 0 Å². The molecule has 4 aromatic rings. The molecule has 3 aromatic heterocycles. The van der Waals surface area contributed by atoms with E-state index in [2.05, 4.69) is 15.3 Å². The number of methoxy groups -OCH3 is 2. The van der Waals surface area contributed by atoms with Crippen molar-refractivity contribution in [1.29, 1.82) is 0 Å². The maximum Gasteiger partial charge on any atom is 0.339 e. The smallest absolute Gasteiger partial charge is 0.339 e. The summed E-state index contributed by atoms with van der Waals surface area (Å²) in [4.78, 5) is 20.7. The number of hydrogen-bond donors (Lipinski definition) is 3. The van der Waals surface area contributed by atoms with Gasteiger partial charge in [0.15, 0.2) is 11.5 Å². The molecule has 0 radical (unpaired) electrons. The number of nitrogens with zero attached hydrogens (tertiary/aromatic N) is 3. The Balaban J connectivity index is 1.63. The van der Waals surface area contributed by atoms with Crippen LogP contribution in [0.3, 0.4) is 0 Å². The summed E-state index contributed by atoms with van der Waals surface area (Å²) in [5.74, 6) is 0.869. The van der Waals surface area contributed by atoms with E-state index in [1.165, 1.54) is 6.07 Å². The molecule has 0 saturated heterocycles. The third-order valence-corrected chi connectivity index (χ3v) is 5.83. The Morgan fingerprint density at radius 3 is 2.72 bits per heavy atom. The van der Waals surface area contributed by atoms with Crippen molar-refractivity contribution in [2.75, 3.05) is 26.1 Å². The maximum absolute atomic E-state index is 11.7. The van der Waals surface area contributed by atoms with Crippen molar-refractivity contribution in [3.05, 3.63) is 58.5 Å². The van der Waals surface area contributed by atoms with Crippen molar-refractivity contribution in [2.45, 2.75) is 12.5 Å². The number of benzene rings is 1. The third kappa shape index (κ3) is 4.23. The van der Waals surface area contributed by atoms with Crippen molar-refractivity contribution in [2.24, 2.45) is 5.73 Å². The number of fused-ring (bicyclic) bond motifs is 1. The summed E-state index contributed by atoms with van der Waals surface area (Å²) in [6.45, 7) is 0.476. The minimum absolute atomic E-state index is 0.0847. The normalized spacial score (nSPS) is 12.0. The van der Waals surface area contributed by atoms with Crippen molar-refractivity contribution in [1.82, 2.24) is 14.5 Å². The molecule has 0 aliphatic heterocycles. The van der Waals surface area contributed by atoms with Crippen LogP contribution in [-0.4, -0.2) is 46.4 Å². The van der Waals surface area contributed by atoms with Gasteiger partial charge < -0.3 is 25.6 Å². The second-order valence-corrected chi connectivity index (χ2v) is 7.84. The lowest BCUT2D eigenvalue weighted by Crippen LogP contribution is -2.17. The first kappa shape index (κ1) is 21.6. The molecule has 1 aromatic carbocycles. The van der Waals surface area contributed by atoms with Gasteiger partial charge in [-0.05, 0) is 40.9 Å². The number of carboxylic acid groups (broad SMARTS) is 1. The fraction of sp³-hybridized carbons (Fsp3) is 0.227. The van der Waals surface area contributed by atoms with Gasteiger partial charge in [0.1, 0.15) is 23.5 Å². The van der Waals surface area contributed by atoms with Gasteiger partial charge in [-0.25, -0.2) is 14.8 Å². The molecule has 0 unspecified atom stereocenters. The van der Waals surface area contributed by atoms with Crippen LogP contribution in [-0.2, 0) is 0 Å². The molecule has 0 spiro atoms. The first-order valence-electron chi connectivity index (χ1n) is 9.87. The standard InChI is InChI=1S/C22H23N5O4S/c1-30-18-9-16-17(10-19(18)31-2)27(12-25-16)20-4-3-14(22(28)29)21(26-20)24-7-5-15(23)13-6-8-32-11-13/h3-4,6,8-12,15H,5,7,23H2,1-2H3,(H,24,26)(H,28,29)/t15-/m0/s1. The number of thiophene rings is 1. The van der Waals surface area contributed by atoms with Crippen LogP contribution in [0.5, 0.6) is 11.5 Å². The third-order valence-electron chi connectivity index (χ3n) is 5.13. The number of anilines is 1. The second kappa shape index (κ2) is 9.25. The topological polar surface area (TPSA) is 125 Å². The number of pyridine rings is 1. The fourth-order valence-electron chi connectivity index (χ4n) is 3.41. The predicted octanol–water partition coefficient (Wildman–Crippen LogP) is 3.70. The molecular formula is C22H23N5O4S. The number of hydrogen-bond acceptors (Lipinski definition) is 8. The molecule has 4 N–H and O–H groups in total. The lowest BCUT2D eigenvalue weighted by atomic mass is 10.1. The van der Waals surface area contributed by atoms with Crippen LogP contribution in [0.1, 0.15) is 28.4 Å². The van der Waals surface area contributed by atoms with Crippen LogP contribution in [0.4, 0.5) is 5.82 Å². The highest BCUT2D eigenvalue weighted by molar-refractivity contribution is 7.07. The number of carbonyl (C=O) groups is 1.